The van der Waals surface area contributed by atoms with Crippen molar-refractivity contribution in [2.75, 3.05) is 19.8 Å². The summed E-state index contributed by atoms with van der Waals surface area (Å²) >= 11 is 3.51. The molecule has 17 heavy (non-hydrogen) atoms. The third-order valence-electron chi connectivity index (χ3n) is 3.09. The zero-order valence-electron chi connectivity index (χ0n) is 10.4. The highest BCUT2D eigenvalue weighted by Gasteiger charge is 2.17. The Morgan fingerprint density at radius 3 is 2.94 bits per heavy atom. The lowest BCUT2D eigenvalue weighted by Gasteiger charge is -2.16. The first-order valence-corrected chi connectivity index (χ1v) is 6.96. The predicted molar refractivity (Wildman–Crippen MR) is 72.7 cm³/mol. The monoisotopic (exact) mass is 298 g/mol. The summed E-state index contributed by atoms with van der Waals surface area (Å²) in [7, 11) is 0. The highest BCUT2D eigenvalue weighted by atomic mass is 79.9. The van der Waals surface area contributed by atoms with Crippen LogP contribution in [0.4, 0.5) is 0 Å². The van der Waals surface area contributed by atoms with E-state index in [1.54, 1.807) is 0 Å². The van der Waals surface area contributed by atoms with E-state index in [-0.39, 0.29) is 0 Å². The molecule has 0 radical (unpaired) electrons. The van der Waals surface area contributed by atoms with Crippen LogP contribution in [-0.4, -0.2) is 19.8 Å². The Bertz CT molecular complexity index is 370. The van der Waals surface area contributed by atoms with Gasteiger partial charge in [-0.25, -0.2) is 0 Å². The molecular weight excluding hydrogens is 280 g/mol. The van der Waals surface area contributed by atoms with E-state index in [2.05, 4.69) is 41.9 Å². The van der Waals surface area contributed by atoms with E-state index in [1.807, 2.05) is 6.07 Å². The smallest absolute Gasteiger partial charge is 0.122 e. The molecule has 3 heteroatoms. The zero-order chi connectivity index (χ0) is 12.3. The minimum absolute atomic E-state index is 0.474. The van der Waals surface area contributed by atoms with Crippen LogP contribution < -0.4 is 4.74 Å². The van der Waals surface area contributed by atoms with E-state index < -0.39 is 0 Å². The van der Waals surface area contributed by atoms with Gasteiger partial charge in [-0.05, 0) is 36.1 Å². The van der Waals surface area contributed by atoms with Gasteiger partial charge in [0.05, 0.1) is 13.2 Å². The van der Waals surface area contributed by atoms with Gasteiger partial charge >= 0.3 is 0 Å². The van der Waals surface area contributed by atoms with Crippen molar-refractivity contribution in [2.45, 2.75) is 26.2 Å². The normalized spacial score (nSPS) is 19.9. The lowest BCUT2D eigenvalue weighted by molar-refractivity contribution is 0.166. The van der Waals surface area contributed by atoms with Gasteiger partial charge in [-0.3, -0.25) is 0 Å². The van der Waals surface area contributed by atoms with Gasteiger partial charge in [0.1, 0.15) is 5.75 Å². The number of hydrogen-bond acceptors (Lipinski definition) is 2. The third-order valence-corrected chi connectivity index (χ3v) is 3.59. The molecule has 1 aromatic carbocycles. The molecular formula is C14H19BrO2. The molecule has 0 aliphatic carbocycles. The molecule has 2 nitrogen and oxygen atoms in total. The zero-order valence-corrected chi connectivity index (χ0v) is 12.0. The second-order valence-electron chi connectivity index (χ2n) is 4.88. The topological polar surface area (TPSA) is 18.5 Å². The maximum Gasteiger partial charge on any atom is 0.122 e. The summed E-state index contributed by atoms with van der Waals surface area (Å²) in [6.45, 7) is 6.86. The van der Waals surface area contributed by atoms with Gasteiger partial charge in [0.2, 0.25) is 0 Å². The Kier molecular flexibility index (Phi) is 4.46. The lowest BCUT2D eigenvalue weighted by Crippen LogP contribution is -2.12. The first kappa shape index (κ1) is 12.9. The van der Waals surface area contributed by atoms with E-state index in [0.29, 0.717) is 11.8 Å². The van der Waals surface area contributed by atoms with Gasteiger partial charge in [0, 0.05) is 17.0 Å². The van der Waals surface area contributed by atoms with E-state index >= 15 is 0 Å². The molecule has 2 rings (SSSR count). The predicted octanol–water partition coefficient (Wildman–Crippen LogP) is 3.99. The van der Waals surface area contributed by atoms with Crippen LogP contribution in [0.2, 0.25) is 0 Å². The van der Waals surface area contributed by atoms with Crippen molar-refractivity contribution < 1.29 is 9.47 Å². The SMILES string of the molecule is CC(C)c1cc(Br)ccc1OCC1CCOC1. The highest BCUT2D eigenvalue weighted by molar-refractivity contribution is 9.10. The summed E-state index contributed by atoms with van der Waals surface area (Å²) in [6, 6.07) is 6.23. The van der Waals surface area contributed by atoms with Gasteiger partial charge in [-0.2, -0.15) is 0 Å². The molecule has 1 saturated heterocycles. The van der Waals surface area contributed by atoms with E-state index in [9.17, 15) is 0 Å². The summed E-state index contributed by atoms with van der Waals surface area (Å²) < 4.78 is 12.4. The minimum Gasteiger partial charge on any atom is -0.493 e. The fourth-order valence-electron chi connectivity index (χ4n) is 2.02. The Morgan fingerprint density at radius 1 is 1.47 bits per heavy atom. The molecule has 1 fully saturated rings. The van der Waals surface area contributed by atoms with Crippen molar-refractivity contribution in [1.29, 1.82) is 0 Å². The highest BCUT2D eigenvalue weighted by Crippen LogP contribution is 2.30. The van der Waals surface area contributed by atoms with Gasteiger partial charge in [-0.15, -0.1) is 0 Å². The minimum atomic E-state index is 0.474. The van der Waals surface area contributed by atoms with Crippen LogP contribution >= 0.6 is 15.9 Å². The molecule has 0 N–H and O–H groups in total. The van der Waals surface area contributed by atoms with Crippen LogP contribution in [0.3, 0.4) is 0 Å². The summed E-state index contributed by atoms with van der Waals surface area (Å²) in [6.07, 6.45) is 1.12. The maximum atomic E-state index is 5.94. The summed E-state index contributed by atoms with van der Waals surface area (Å²) in [4.78, 5) is 0. The fraction of sp³-hybridized carbons (Fsp3) is 0.571. The number of rotatable bonds is 4. The van der Waals surface area contributed by atoms with Crippen LogP contribution in [-0.2, 0) is 4.74 Å². The Labute approximate surface area is 111 Å². The van der Waals surface area contributed by atoms with Gasteiger partial charge in [-0.1, -0.05) is 29.8 Å². The van der Waals surface area contributed by atoms with Crippen LogP contribution in [0.25, 0.3) is 0 Å². The van der Waals surface area contributed by atoms with Crippen molar-refractivity contribution in [3.05, 3.63) is 28.2 Å². The molecule has 0 bridgehead atoms. The molecule has 0 aromatic heterocycles. The van der Waals surface area contributed by atoms with Crippen LogP contribution in [0.1, 0.15) is 31.7 Å². The molecule has 1 atom stereocenters. The van der Waals surface area contributed by atoms with Crippen molar-refractivity contribution in [3.8, 4) is 5.75 Å². The maximum absolute atomic E-state index is 5.94. The molecule has 94 valence electrons. The third kappa shape index (κ3) is 3.46. The first-order chi connectivity index (χ1) is 8.16. The molecule has 1 aromatic rings. The Balaban J connectivity index is 2.03. The second-order valence-corrected chi connectivity index (χ2v) is 5.79. The lowest BCUT2D eigenvalue weighted by atomic mass is 10.0. The number of halogens is 1. The van der Waals surface area contributed by atoms with Crippen molar-refractivity contribution in [1.82, 2.24) is 0 Å². The quantitative estimate of drug-likeness (QED) is 0.837. The van der Waals surface area contributed by atoms with Crippen molar-refractivity contribution in [3.63, 3.8) is 0 Å². The standard InChI is InChI=1S/C14H19BrO2/c1-10(2)13-7-12(15)3-4-14(13)17-9-11-5-6-16-8-11/h3-4,7,10-11H,5-6,8-9H2,1-2H3. The summed E-state index contributed by atoms with van der Waals surface area (Å²) in [5.74, 6) is 2.04. The molecule has 1 unspecified atom stereocenters. The van der Waals surface area contributed by atoms with Crippen LogP contribution in [0.15, 0.2) is 22.7 Å². The van der Waals surface area contributed by atoms with Crippen molar-refractivity contribution >= 4 is 15.9 Å². The summed E-state index contributed by atoms with van der Waals surface area (Å²) in [5, 5.41) is 0. The molecule has 0 saturated carbocycles. The Morgan fingerprint density at radius 2 is 2.29 bits per heavy atom. The van der Waals surface area contributed by atoms with E-state index in [0.717, 1.165) is 36.5 Å². The van der Waals surface area contributed by atoms with Gasteiger partial charge in [0.15, 0.2) is 0 Å². The number of ether oxygens (including phenoxy) is 2. The van der Waals surface area contributed by atoms with E-state index in [1.165, 1.54) is 5.56 Å². The number of hydrogen-bond donors (Lipinski definition) is 0. The van der Waals surface area contributed by atoms with E-state index in [4.69, 9.17) is 9.47 Å². The Hall–Kier alpha value is -0.540. The fourth-order valence-corrected chi connectivity index (χ4v) is 2.40. The average molecular weight is 299 g/mol. The molecule has 1 aliphatic rings. The molecule has 0 spiro atoms. The second kappa shape index (κ2) is 5.87. The van der Waals surface area contributed by atoms with Crippen LogP contribution in [0, 0.1) is 5.92 Å². The molecule has 0 amide bonds. The largest absolute Gasteiger partial charge is 0.493 e. The van der Waals surface area contributed by atoms with Crippen LogP contribution in [0.5, 0.6) is 5.75 Å². The molecule has 1 heterocycles. The average Bonchev–Trinajstić information content (AvgIpc) is 2.80. The van der Waals surface area contributed by atoms with Gasteiger partial charge in [0.25, 0.3) is 0 Å². The number of benzene rings is 1. The van der Waals surface area contributed by atoms with Gasteiger partial charge < -0.3 is 9.47 Å². The first-order valence-electron chi connectivity index (χ1n) is 6.17. The summed E-state index contributed by atoms with van der Waals surface area (Å²) in [5.41, 5.74) is 1.26. The van der Waals surface area contributed by atoms with Crippen molar-refractivity contribution in [2.24, 2.45) is 5.92 Å². The molecule has 1 aliphatic heterocycles.